The highest BCUT2D eigenvalue weighted by Crippen LogP contribution is 2.27. The van der Waals surface area contributed by atoms with E-state index in [4.69, 9.17) is 11.5 Å². The summed E-state index contributed by atoms with van der Waals surface area (Å²) >= 11 is 0. The lowest BCUT2D eigenvalue weighted by molar-refractivity contribution is 0.486. The van der Waals surface area contributed by atoms with Crippen molar-refractivity contribution in [1.82, 2.24) is 21.3 Å². The van der Waals surface area contributed by atoms with Gasteiger partial charge in [0.25, 0.3) is 0 Å². The van der Waals surface area contributed by atoms with Crippen LogP contribution in [0.2, 0.25) is 0 Å². The van der Waals surface area contributed by atoms with Gasteiger partial charge in [0, 0.05) is 12.1 Å². The average molecular weight is 657 g/mol. The molecular formula is C42H68N6. The highest BCUT2D eigenvalue weighted by Gasteiger charge is 2.08. The van der Waals surface area contributed by atoms with Crippen molar-refractivity contribution in [1.29, 1.82) is 0 Å². The molecule has 0 heterocycles. The molecule has 3 aromatic carbocycles. The number of hydrogen-bond donors (Lipinski definition) is 6. The first kappa shape index (κ1) is 39.9. The topological polar surface area (TPSA) is 100 Å². The van der Waals surface area contributed by atoms with Crippen molar-refractivity contribution < 1.29 is 0 Å². The normalized spacial score (nSPS) is 14.1. The van der Waals surface area contributed by atoms with Gasteiger partial charge in [-0.2, -0.15) is 0 Å². The Bertz CT molecular complexity index is 1130. The van der Waals surface area contributed by atoms with Crippen LogP contribution in [-0.4, -0.2) is 64.4 Å². The third-order valence-corrected chi connectivity index (χ3v) is 9.61. The molecule has 0 saturated carbocycles. The predicted molar refractivity (Wildman–Crippen MR) is 210 cm³/mol. The van der Waals surface area contributed by atoms with E-state index >= 15 is 0 Å². The van der Waals surface area contributed by atoms with Gasteiger partial charge in [0.15, 0.2) is 0 Å². The van der Waals surface area contributed by atoms with Crippen LogP contribution in [0.15, 0.2) is 72.8 Å². The summed E-state index contributed by atoms with van der Waals surface area (Å²) in [5, 5.41) is 14.2. The van der Waals surface area contributed by atoms with E-state index in [1.807, 2.05) is 0 Å². The van der Waals surface area contributed by atoms with Crippen molar-refractivity contribution in [3.8, 4) is 22.3 Å². The number of nitrogens with one attached hydrogen (secondary N) is 4. The molecular weight excluding hydrogens is 589 g/mol. The second-order valence-corrected chi connectivity index (χ2v) is 14.1. The van der Waals surface area contributed by atoms with E-state index in [1.165, 1.54) is 46.2 Å². The van der Waals surface area contributed by atoms with Crippen molar-refractivity contribution in [2.45, 2.75) is 91.1 Å². The van der Waals surface area contributed by atoms with Gasteiger partial charge in [0.05, 0.1) is 0 Å². The lowest BCUT2D eigenvalue weighted by Gasteiger charge is -2.14. The molecule has 0 spiro atoms. The molecule has 0 fully saturated rings. The molecule has 0 radical (unpaired) electrons. The molecule has 0 aromatic heterocycles. The number of hydrogen-bond acceptors (Lipinski definition) is 6. The fourth-order valence-electron chi connectivity index (χ4n) is 5.84. The minimum atomic E-state index is 0.168. The standard InChI is InChI=1S/C42H68N6/c1-5-33(3)31-47-24-8-22-45-26-20-41(43)28-35-12-16-37(17-13-35)39-10-7-11-40(30-39)38-18-14-36(15-19-38)29-42(44)21-27-46-23-9-25-48-32-34(4)6-2/h7,10-19,30,33-34,41-42,45-48H,5-6,8-9,20-29,31-32,43-44H2,1-4H3. The van der Waals surface area contributed by atoms with Crippen LogP contribution in [0.4, 0.5) is 0 Å². The summed E-state index contributed by atoms with van der Waals surface area (Å²) in [6, 6.07) is 27.0. The Balaban J connectivity index is 1.36. The fraction of sp³-hybridized carbons (Fsp3) is 0.571. The van der Waals surface area contributed by atoms with Gasteiger partial charge in [0.2, 0.25) is 0 Å². The minimum Gasteiger partial charge on any atom is -0.327 e. The van der Waals surface area contributed by atoms with Crippen molar-refractivity contribution in [2.24, 2.45) is 23.3 Å². The van der Waals surface area contributed by atoms with Crippen LogP contribution in [0.5, 0.6) is 0 Å². The van der Waals surface area contributed by atoms with Crippen LogP contribution in [0.1, 0.15) is 77.3 Å². The molecule has 3 rings (SSSR count). The molecule has 3 aromatic rings. The van der Waals surface area contributed by atoms with Crippen molar-refractivity contribution >= 4 is 0 Å². The molecule has 0 bridgehead atoms. The van der Waals surface area contributed by atoms with E-state index in [2.05, 4.69) is 122 Å². The van der Waals surface area contributed by atoms with Gasteiger partial charge in [-0.3, -0.25) is 0 Å². The molecule has 266 valence electrons. The summed E-state index contributed by atoms with van der Waals surface area (Å²) in [5.74, 6) is 1.52. The second-order valence-electron chi connectivity index (χ2n) is 14.1. The quantitative estimate of drug-likeness (QED) is 0.0534. The smallest absolute Gasteiger partial charge is 0.00914 e. The van der Waals surface area contributed by atoms with Gasteiger partial charge >= 0.3 is 0 Å². The van der Waals surface area contributed by atoms with Crippen LogP contribution < -0.4 is 32.7 Å². The lowest BCUT2D eigenvalue weighted by Crippen LogP contribution is -2.30. The maximum atomic E-state index is 6.48. The molecule has 4 atom stereocenters. The van der Waals surface area contributed by atoms with E-state index in [1.54, 1.807) is 0 Å². The molecule has 0 amide bonds. The molecule has 4 unspecified atom stereocenters. The summed E-state index contributed by atoms with van der Waals surface area (Å²) in [4.78, 5) is 0. The SMILES string of the molecule is CCC(C)CNCCCNCCC(N)Cc1ccc(-c2cccc(-c3ccc(CC(N)CCNCCCNCC(C)CC)cc3)c2)cc1. The molecule has 0 aliphatic rings. The molecule has 8 N–H and O–H groups in total. The van der Waals surface area contributed by atoms with Crippen LogP contribution >= 0.6 is 0 Å². The molecule has 0 aliphatic heterocycles. The summed E-state index contributed by atoms with van der Waals surface area (Å²) in [7, 11) is 0. The first-order chi connectivity index (χ1) is 23.4. The molecule has 0 saturated heterocycles. The molecule has 0 aliphatic carbocycles. The van der Waals surface area contributed by atoms with E-state index in [-0.39, 0.29) is 12.1 Å². The first-order valence-electron chi connectivity index (χ1n) is 19.0. The monoisotopic (exact) mass is 657 g/mol. The van der Waals surface area contributed by atoms with Crippen molar-refractivity contribution in [2.75, 3.05) is 52.4 Å². The molecule has 6 heteroatoms. The summed E-state index contributed by atoms with van der Waals surface area (Å²) in [6.07, 6.45) is 8.58. The van der Waals surface area contributed by atoms with Gasteiger partial charge in [-0.25, -0.2) is 0 Å². The zero-order valence-corrected chi connectivity index (χ0v) is 30.7. The summed E-state index contributed by atoms with van der Waals surface area (Å²) < 4.78 is 0. The summed E-state index contributed by atoms with van der Waals surface area (Å²) in [5.41, 5.74) is 20.5. The highest BCUT2D eigenvalue weighted by atomic mass is 14.9. The number of nitrogens with two attached hydrogens (primary N) is 2. The van der Waals surface area contributed by atoms with E-state index < -0.39 is 0 Å². The Hall–Kier alpha value is -2.58. The van der Waals surface area contributed by atoms with Gasteiger partial charge in [-0.1, -0.05) is 107 Å². The molecule has 48 heavy (non-hydrogen) atoms. The minimum absolute atomic E-state index is 0.168. The van der Waals surface area contributed by atoms with Crippen LogP contribution in [-0.2, 0) is 12.8 Å². The predicted octanol–water partition coefficient (Wildman–Crippen LogP) is 6.77. The van der Waals surface area contributed by atoms with Crippen molar-refractivity contribution in [3.63, 3.8) is 0 Å². The number of rotatable bonds is 26. The average Bonchev–Trinajstić information content (AvgIpc) is 3.11. The third kappa shape index (κ3) is 16.2. The highest BCUT2D eigenvalue weighted by molar-refractivity contribution is 5.73. The Labute approximate surface area is 293 Å². The second kappa shape index (κ2) is 23.7. The maximum Gasteiger partial charge on any atom is 0.00914 e. The Morgan fingerprint density at radius 1 is 0.500 bits per heavy atom. The lowest BCUT2D eigenvalue weighted by atomic mass is 9.96. The van der Waals surface area contributed by atoms with Crippen LogP contribution in [0, 0.1) is 11.8 Å². The Morgan fingerprint density at radius 2 is 0.896 bits per heavy atom. The zero-order chi connectivity index (χ0) is 34.4. The Kier molecular flexibility index (Phi) is 19.7. The zero-order valence-electron chi connectivity index (χ0n) is 30.7. The third-order valence-electron chi connectivity index (χ3n) is 9.61. The van der Waals surface area contributed by atoms with Crippen LogP contribution in [0.25, 0.3) is 22.3 Å². The van der Waals surface area contributed by atoms with Gasteiger partial charge in [-0.05, 0) is 142 Å². The largest absolute Gasteiger partial charge is 0.327 e. The Morgan fingerprint density at radius 3 is 1.29 bits per heavy atom. The summed E-state index contributed by atoms with van der Waals surface area (Å²) in [6.45, 7) is 17.5. The van der Waals surface area contributed by atoms with E-state index in [0.29, 0.717) is 0 Å². The van der Waals surface area contributed by atoms with Crippen LogP contribution in [0.3, 0.4) is 0 Å². The van der Waals surface area contributed by atoms with Crippen molar-refractivity contribution in [3.05, 3.63) is 83.9 Å². The van der Waals surface area contributed by atoms with E-state index in [9.17, 15) is 0 Å². The first-order valence-corrected chi connectivity index (χ1v) is 19.0. The maximum absolute atomic E-state index is 6.48. The fourth-order valence-corrected chi connectivity index (χ4v) is 5.84. The van der Waals surface area contributed by atoms with Gasteiger partial charge in [0.1, 0.15) is 0 Å². The van der Waals surface area contributed by atoms with Gasteiger partial charge < -0.3 is 32.7 Å². The van der Waals surface area contributed by atoms with Gasteiger partial charge in [-0.15, -0.1) is 0 Å². The van der Waals surface area contributed by atoms with E-state index in [0.717, 1.165) is 103 Å². The molecule has 6 nitrogen and oxygen atoms in total. The number of benzene rings is 3.